The van der Waals surface area contributed by atoms with E-state index < -0.39 is 5.97 Å². The first-order chi connectivity index (χ1) is 9.48. The number of carboxylic acid groups (broad SMARTS) is 1. The number of aliphatic carboxylic acids is 1. The predicted octanol–water partition coefficient (Wildman–Crippen LogP) is 1.50. The van der Waals surface area contributed by atoms with Crippen LogP contribution in [0.3, 0.4) is 0 Å². The first-order valence-electron chi connectivity index (χ1n) is 7.40. The van der Waals surface area contributed by atoms with Crippen molar-refractivity contribution >= 4 is 12.0 Å². The molecule has 1 aliphatic heterocycles. The minimum Gasteiger partial charge on any atom is -0.481 e. The Kier molecular flexibility index (Phi) is 4.86. The minimum absolute atomic E-state index is 0.0860. The Morgan fingerprint density at radius 3 is 2.55 bits per heavy atom. The SMILES string of the molecule is CC1(CNC(=O)NC2CCC(C(=O)O)CC2)CCCO1. The number of amides is 2. The summed E-state index contributed by atoms with van der Waals surface area (Å²) in [7, 11) is 0. The highest BCUT2D eigenvalue weighted by molar-refractivity contribution is 5.74. The highest BCUT2D eigenvalue weighted by atomic mass is 16.5. The molecule has 0 radical (unpaired) electrons. The highest BCUT2D eigenvalue weighted by Crippen LogP contribution is 2.25. The third-order valence-electron chi connectivity index (χ3n) is 4.34. The van der Waals surface area contributed by atoms with Crippen LogP contribution in [0, 0.1) is 5.92 Å². The Morgan fingerprint density at radius 2 is 2.00 bits per heavy atom. The Labute approximate surface area is 119 Å². The van der Waals surface area contributed by atoms with E-state index in [2.05, 4.69) is 10.6 Å². The number of nitrogens with one attached hydrogen (secondary N) is 2. The van der Waals surface area contributed by atoms with Crippen molar-refractivity contribution in [2.45, 2.75) is 57.1 Å². The van der Waals surface area contributed by atoms with Crippen LogP contribution in [0.4, 0.5) is 4.79 Å². The zero-order chi connectivity index (χ0) is 14.6. The molecule has 2 aliphatic rings. The summed E-state index contributed by atoms with van der Waals surface area (Å²) in [6.45, 7) is 3.29. The fourth-order valence-corrected chi connectivity index (χ4v) is 2.96. The van der Waals surface area contributed by atoms with Gasteiger partial charge in [0.05, 0.1) is 11.5 Å². The van der Waals surface area contributed by atoms with Gasteiger partial charge in [0.15, 0.2) is 0 Å². The number of urea groups is 1. The number of carboxylic acids is 1. The van der Waals surface area contributed by atoms with Crippen LogP contribution < -0.4 is 10.6 Å². The van der Waals surface area contributed by atoms with Crippen molar-refractivity contribution in [3.8, 4) is 0 Å². The number of ether oxygens (including phenoxy) is 1. The second-order valence-electron chi connectivity index (χ2n) is 6.12. The van der Waals surface area contributed by atoms with Gasteiger partial charge in [0.2, 0.25) is 0 Å². The van der Waals surface area contributed by atoms with Crippen LogP contribution in [0.5, 0.6) is 0 Å². The van der Waals surface area contributed by atoms with E-state index in [0.717, 1.165) is 32.3 Å². The lowest BCUT2D eigenvalue weighted by Crippen LogP contribution is -2.48. The van der Waals surface area contributed by atoms with Crippen molar-refractivity contribution in [1.82, 2.24) is 10.6 Å². The molecule has 1 atom stereocenters. The average Bonchev–Trinajstić information content (AvgIpc) is 2.85. The summed E-state index contributed by atoms with van der Waals surface area (Å²) in [5, 5.41) is 14.7. The fourth-order valence-electron chi connectivity index (χ4n) is 2.96. The van der Waals surface area contributed by atoms with Gasteiger partial charge in [-0.1, -0.05) is 0 Å². The molecule has 2 fully saturated rings. The van der Waals surface area contributed by atoms with E-state index in [-0.39, 0.29) is 23.6 Å². The summed E-state index contributed by atoms with van der Waals surface area (Å²) in [6.07, 6.45) is 4.76. The maximum absolute atomic E-state index is 11.8. The van der Waals surface area contributed by atoms with E-state index in [4.69, 9.17) is 9.84 Å². The lowest BCUT2D eigenvalue weighted by molar-refractivity contribution is -0.142. The van der Waals surface area contributed by atoms with Gasteiger partial charge in [0, 0.05) is 19.2 Å². The maximum atomic E-state index is 11.8. The van der Waals surface area contributed by atoms with Gasteiger partial charge in [0.25, 0.3) is 0 Å². The van der Waals surface area contributed by atoms with Gasteiger partial charge in [0.1, 0.15) is 0 Å². The molecule has 0 spiro atoms. The monoisotopic (exact) mass is 284 g/mol. The zero-order valence-corrected chi connectivity index (χ0v) is 12.0. The molecule has 0 aromatic carbocycles. The highest BCUT2D eigenvalue weighted by Gasteiger charge is 2.31. The van der Waals surface area contributed by atoms with Crippen LogP contribution in [0.2, 0.25) is 0 Å². The molecule has 2 amide bonds. The fraction of sp³-hybridized carbons (Fsp3) is 0.857. The molecular formula is C14H24N2O4. The normalized spacial score (nSPS) is 33.6. The van der Waals surface area contributed by atoms with Gasteiger partial charge in [-0.15, -0.1) is 0 Å². The summed E-state index contributed by atoms with van der Waals surface area (Å²) >= 11 is 0. The Morgan fingerprint density at radius 1 is 1.30 bits per heavy atom. The summed E-state index contributed by atoms with van der Waals surface area (Å²) in [5.74, 6) is -0.971. The van der Waals surface area contributed by atoms with Crippen LogP contribution in [0.25, 0.3) is 0 Å². The van der Waals surface area contributed by atoms with E-state index in [9.17, 15) is 9.59 Å². The molecule has 1 saturated heterocycles. The van der Waals surface area contributed by atoms with Crippen molar-refractivity contribution in [1.29, 1.82) is 0 Å². The van der Waals surface area contributed by atoms with Gasteiger partial charge in [-0.05, 0) is 45.4 Å². The van der Waals surface area contributed by atoms with E-state index in [0.29, 0.717) is 19.4 Å². The van der Waals surface area contributed by atoms with Gasteiger partial charge in [-0.25, -0.2) is 4.79 Å². The van der Waals surface area contributed by atoms with E-state index in [1.165, 1.54) is 0 Å². The average molecular weight is 284 g/mol. The number of rotatable bonds is 4. The molecule has 0 aromatic rings. The minimum atomic E-state index is -0.723. The Bertz CT molecular complexity index is 358. The van der Waals surface area contributed by atoms with Crippen molar-refractivity contribution in [3.63, 3.8) is 0 Å². The molecule has 1 saturated carbocycles. The number of carbonyl (C=O) groups excluding carboxylic acids is 1. The molecular weight excluding hydrogens is 260 g/mol. The van der Waals surface area contributed by atoms with Crippen molar-refractivity contribution in [3.05, 3.63) is 0 Å². The predicted molar refractivity (Wildman–Crippen MR) is 73.5 cm³/mol. The van der Waals surface area contributed by atoms with Crippen molar-refractivity contribution in [2.24, 2.45) is 5.92 Å². The molecule has 0 aromatic heterocycles. The third-order valence-corrected chi connectivity index (χ3v) is 4.34. The molecule has 3 N–H and O–H groups in total. The smallest absolute Gasteiger partial charge is 0.315 e. The van der Waals surface area contributed by atoms with Gasteiger partial charge < -0.3 is 20.5 Å². The quantitative estimate of drug-likeness (QED) is 0.730. The molecule has 1 unspecified atom stereocenters. The summed E-state index contributed by atoms with van der Waals surface area (Å²) in [5.41, 5.74) is -0.238. The lowest BCUT2D eigenvalue weighted by atomic mass is 9.86. The van der Waals surface area contributed by atoms with Crippen LogP contribution in [0.15, 0.2) is 0 Å². The van der Waals surface area contributed by atoms with E-state index in [1.807, 2.05) is 6.92 Å². The molecule has 1 aliphatic carbocycles. The summed E-state index contributed by atoms with van der Waals surface area (Å²) in [4.78, 5) is 22.7. The molecule has 1 heterocycles. The molecule has 20 heavy (non-hydrogen) atoms. The summed E-state index contributed by atoms with van der Waals surface area (Å²) < 4.78 is 5.61. The molecule has 6 heteroatoms. The van der Waals surface area contributed by atoms with Gasteiger partial charge in [-0.2, -0.15) is 0 Å². The van der Waals surface area contributed by atoms with Crippen LogP contribution >= 0.6 is 0 Å². The topological polar surface area (TPSA) is 87.7 Å². The molecule has 0 bridgehead atoms. The second-order valence-corrected chi connectivity index (χ2v) is 6.12. The Hall–Kier alpha value is -1.30. The Balaban J connectivity index is 1.66. The lowest BCUT2D eigenvalue weighted by Gasteiger charge is -2.28. The van der Waals surface area contributed by atoms with Crippen molar-refractivity contribution < 1.29 is 19.4 Å². The zero-order valence-electron chi connectivity index (χ0n) is 12.0. The number of carbonyl (C=O) groups is 2. The van der Waals surface area contributed by atoms with Gasteiger partial charge in [-0.3, -0.25) is 4.79 Å². The second kappa shape index (κ2) is 6.43. The van der Waals surface area contributed by atoms with E-state index in [1.54, 1.807) is 0 Å². The number of hydrogen-bond acceptors (Lipinski definition) is 3. The van der Waals surface area contributed by atoms with Crippen LogP contribution in [0.1, 0.15) is 45.4 Å². The number of hydrogen-bond donors (Lipinski definition) is 3. The standard InChI is InChI=1S/C14H24N2O4/c1-14(7-2-8-20-14)9-15-13(19)16-11-5-3-10(4-6-11)12(17)18/h10-11H,2-9H2,1H3,(H,17,18)(H2,15,16,19). The first-order valence-corrected chi connectivity index (χ1v) is 7.40. The molecule has 2 rings (SSSR count). The first kappa shape index (κ1) is 15.1. The maximum Gasteiger partial charge on any atom is 0.315 e. The molecule has 114 valence electrons. The largest absolute Gasteiger partial charge is 0.481 e. The van der Waals surface area contributed by atoms with Gasteiger partial charge >= 0.3 is 12.0 Å². The summed E-state index contributed by atoms with van der Waals surface area (Å²) in [6, 6.07) is -0.0941. The van der Waals surface area contributed by atoms with Crippen molar-refractivity contribution in [2.75, 3.05) is 13.2 Å². The van der Waals surface area contributed by atoms with Crippen LogP contribution in [-0.4, -0.2) is 41.9 Å². The van der Waals surface area contributed by atoms with E-state index >= 15 is 0 Å². The molecule has 6 nitrogen and oxygen atoms in total. The third kappa shape index (κ3) is 4.10. The van der Waals surface area contributed by atoms with Crippen LogP contribution in [-0.2, 0) is 9.53 Å².